The van der Waals surface area contributed by atoms with Crippen LogP contribution in [-0.2, 0) is 0 Å². The van der Waals surface area contributed by atoms with E-state index < -0.39 is 7.12 Å². The molecule has 0 aliphatic heterocycles. The Hall–Kier alpha value is -0.745. The molecule has 0 atom stereocenters. The van der Waals surface area contributed by atoms with E-state index in [0.717, 1.165) is 0 Å². The van der Waals surface area contributed by atoms with E-state index in [1.54, 1.807) is 23.0 Å². The second kappa shape index (κ2) is 4.19. The molecule has 0 aliphatic carbocycles. The molecule has 7 heteroatoms. The first-order valence-electron chi connectivity index (χ1n) is 3.67. The van der Waals surface area contributed by atoms with E-state index in [1.807, 2.05) is 0 Å². The lowest BCUT2D eigenvalue weighted by Crippen LogP contribution is -2.31. The van der Waals surface area contributed by atoms with Gasteiger partial charge in [-0.3, -0.25) is 0 Å². The fraction of sp³-hybridized carbons (Fsp3) is 0. The van der Waals surface area contributed by atoms with Crippen LogP contribution in [0.1, 0.15) is 0 Å². The van der Waals surface area contributed by atoms with Crippen molar-refractivity contribution >= 4 is 42.2 Å². The normalized spacial score (nSPS) is 9.93. The fourth-order valence-electron chi connectivity index (χ4n) is 1.21. The largest absolute Gasteiger partial charge is 0.492 e. The Bertz CT molecular complexity index is 446. The molecule has 0 spiro atoms. The number of rotatable bonds is 1. The first-order chi connectivity index (χ1) is 6.18. The summed E-state index contributed by atoms with van der Waals surface area (Å²) in [4.78, 5) is 3.97. The lowest BCUT2D eigenvalue weighted by Gasteiger charge is -2.02. The van der Waals surface area contributed by atoms with E-state index in [9.17, 15) is 0 Å². The fourth-order valence-corrected chi connectivity index (χ4v) is 1.44. The van der Waals surface area contributed by atoms with Crippen LogP contribution in [0.5, 0.6) is 0 Å². The zero-order valence-electron chi connectivity index (χ0n) is 6.96. The highest BCUT2D eigenvalue weighted by Gasteiger charge is 2.16. The summed E-state index contributed by atoms with van der Waals surface area (Å²) in [7, 11) is -1.55. The first kappa shape index (κ1) is 11.3. The Labute approximate surface area is 91.7 Å². The predicted octanol–water partition coefficient (Wildman–Crippen LogP) is 0.0893. The molecule has 2 heterocycles. The monoisotopic (exact) mass is 232 g/mol. The van der Waals surface area contributed by atoms with Gasteiger partial charge >= 0.3 is 7.12 Å². The maximum atomic E-state index is 9.01. The van der Waals surface area contributed by atoms with Gasteiger partial charge in [-0.2, -0.15) is 0 Å². The third-order valence-corrected chi connectivity index (χ3v) is 1.97. The van der Waals surface area contributed by atoms with Crippen molar-refractivity contribution in [3.05, 3.63) is 29.7 Å². The highest BCUT2D eigenvalue weighted by molar-refractivity contribution is 6.61. The molecule has 0 saturated carbocycles. The van der Waals surface area contributed by atoms with E-state index >= 15 is 0 Å². The van der Waals surface area contributed by atoms with Crippen LogP contribution in [0.4, 0.5) is 0 Å². The Morgan fingerprint density at radius 1 is 1.43 bits per heavy atom. The number of halogens is 2. The number of pyridine rings is 1. The van der Waals surface area contributed by atoms with Crippen LogP contribution in [-0.4, -0.2) is 26.6 Å². The van der Waals surface area contributed by atoms with Crippen molar-refractivity contribution in [2.24, 2.45) is 0 Å². The minimum Gasteiger partial charge on any atom is -0.423 e. The van der Waals surface area contributed by atoms with Crippen molar-refractivity contribution in [1.29, 1.82) is 0 Å². The highest BCUT2D eigenvalue weighted by Crippen LogP contribution is 2.08. The molecule has 2 aromatic heterocycles. The molecule has 0 aliphatic rings. The molecule has 0 amide bonds. The molecular formula is C7H7BCl2N2O2. The van der Waals surface area contributed by atoms with Gasteiger partial charge in [0.15, 0.2) is 0 Å². The minimum absolute atomic E-state index is 0. The van der Waals surface area contributed by atoms with Crippen molar-refractivity contribution in [1.82, 2.24) is 9.38 Å². The Balaban J connectivity index is 0.000000980. The first-order valence-corrected chi connectivity index (χ1v) is 4.04. The summed E-state index contributed by atoms with van der Waals surface area (Å²) in [6.45, 7) is 0. The van der Waals surface area contributed by atoms with Gasteiger partial charge in [-0.25, -0.2) is 4.98 Å². The number of hydrogen-bond acceptors (Lipinski definition) is 3. The summed E-state index contributed by atoms with van der Waals surface area (Å²) in [5.41, 5.74) is 0.803. The Morgan fingerprint density at radius 3 is 2.79 bits per heavy atom. The predicted molar refractivity (Wildman–Crippen MR) is 57.3 cm³/mol. The molecular weight excluding hydrogens is 226 g/mol. The summed E-state index contributed by atoms with van der Waals surface area (Å²) < 4.78 is 1.64. The van der Waals surface area contributed by atoms with Gasteiger partial charge in [-0.1, -0.05) is 11.6 Å². The maximum Gasteiger partial charge on any atom is 0.492 e. The molecule has 0 aromatic carbocycles. The van der Waals surface area contributed by atoms with Crippen LogP contribution in [0.3, 0.4) is 0 Å². The molecule has 0 radical (unpaired) electrons. The summed E-state index contributed by atoms with van der Waals surface area (Å²) in [5.74, 6) is 0. The molecule has 2 aromatic rings. The van der Waals surface area contributed by atoms with Crippen LogP contribution in [0.25, 0.3) is 5.65 Å². The molecule has 0 saturated heterocycles. The second-order valence-electron chi connectivity index (χ2n) is 2.65. The van der Waals surface area contributed by atoms with E-state index in [0.29, 0.717) is 16.1 Å². The van der Waals surface area contributed by atoms with Gasteiger partial charge in [0.25, 0.3) is 0 Å². The molecule has 0 fully saturated rings. The van der Waals surface area contributed by atoms with Crippen molar-refractivity contribution in [3.63, 3.8) is 0 Å². The van der Waals surface area contributed by atoms with E-state index in [-0.39, 0.29) is 12.4 Å². The zero-order valence-corrected chi connectivity index (χ0v) is 8.53. The Kier molecular flexibility index (Phi) is 3.39. The Morgan fingerprint density at radius 2 is 2.14 bits per heavy atom. The van der Waals surface area contributed by atoms with Gasteiger partial charge < -0.3 is 14.4 Å². The molecule has 2 N–H and O–H groups in total. The SMILES string of the molecule is Cl.OB(O)c1cc(Cl)cn2ccnc12. The van der Waals surface area contributed by atoms with Crippen LogP contribution < -0.4 is 5.46 Å². The van der Waals surface area contributed by atoms with Crippen LogP contribution >= 0.6 is 24.0 Å². The van der Waals surface area contributed by atoms with Crippen molar-refractivity contribution < 1.29 is 10.0 Å². The molecule has 74 valence electrons. The molecule has 2 rings (SSSR count). The molecule has 0 unspecified atom stereocenters. The zero-order chi connectivity index (χ0) is 9.42. The average molecular weight is 233 g/mol. The number of aromatic nitrogens is 2. The van der Waals surface area contributed by atoms with Gasteiger partial charge in [-0.05, 0) is 6.07 Å². The smallest absolute Gasteiger partial charge is 0.423 e. The number of hydrogen-bond donors (Lipinski definition) is 2. The third kappa shape index (κ3) is 1.86. The van der Waals surface area contributed by atoms with Gasteiger partial charge in [0.05, 0.1) is 5.02 Å². The molecule has 4 nitrogen and oxygen atoms in total. The number of fused-ring (bicyclic) bond motifs is 1. The van der Waals surface area contributed by atoms with Crippen molar-refractivity contribution in [2.75, 3.05) is 0 Å². The van der Waals surface area contributed by atoms with E-state index in [1.165, 1.54) is 6.07 Å². The maximum absolute atomic E-state index is 9.01. The minimum atomic E-state index is -1.55. The molecule has 0 bridgehead atoms. The van der Waals surface area contributed by atoms with Crippen LogP contribution in [0.15, 0.2) is 24.7 Å². The van der Waals surface area contributed by atoms with Crippen LogP contribution in [0, 0.1) is 0 Å². The van der Waals surface area contributed by atoms with E-state index in [4.69, 9.17) is 21.6 Å². The van der Waals surface area contributed by atoms with E-state index in [2.05, 4.69) is 4.98 Å². The summed E-state index contributed by atoms with van der Waals surface area (Å²) >= 11 is 5.75. The van der Waals surface area contributed by atoms with Crippen molar-refractivity contribution in [3.8, 4) is 0 Å². The van der Waals surface area contributed by atoms with Gasteiger partial charge in [0.1, 0.15) is 5.65 Å². The number of nitrogens with zero attached hydrogens (tertiary/aromatic N) is 2. The topological polar surface area (TPSA) is 57.8 Å². The van der Waals surface area contributed by atoms with Gasteiger partial charge in [-0.15, -0.1) is 12.4 Å². The molecule has 14 heavy (non-hydrogen) atoms. The second-order valence-corrected chi connectivity index (χ2v) is 3.08. The third-order valence-electron chi connectivity index (χ3n) is 1.76. The van der Waals surface area contributed by atoms with Crippen LogP contribution in [0.2, 0.25) is 5.02 Å². The standard InChI is InChI=1S/C7H6BClN2O2.ClH/c9-5-3-6(8(12)13)7-10-1-2-11(7)4-5;/h1-4,12-13H;1H. The summed E-state index contributed by atoms with van der Waals surface area (Å²) in [6, 6.07) is 1.48. The van der Waals surface area contributed by atoms with Crippen molar-refractivity contribution in [2.45, 2.75) is 0 Å². The summed E-state index contributed by atoms with van der Waals surface area (Å²) in [5, 5.41) is 18.5. The van der Waals surface area contributed by atoms with Gasteiger partial charge in [0, 0.05) is 24.1 Å². The summed E-state index contributed by atoms with van der Waals surface area (Å²) in [6.07, 6.45) is 4.90. The number of imidazole rings is 1. The highest BCUT2D eigenvalue weighted by atomic mass is 35.5. The lowest BCUT2D eigenvalue weighted by molar-refractivity contribution is 0.426. The average Bonchev–Trinajstić information content (AvgIpc) is 2.49. The lowest BCUT2D eigenvalue weighted by atomic mass is 9.81. The quantitative estimate of drug-likeness (QED) is 0.686. The van der Waals surface area contributed by atoms with Gasteiger partial charge in [0.2, 0.25) is 0 Å².